The molecule has 1 fully saturated rings. The number of benzene rings is 1. The Labute approximate surface area is 132 Å². The summed E-state index contributed by atoms with van der Waals surface area (Å²) in [7, 11) is 0. The van der Waals surface area contributed by atoms with Gasteiger partial charge in [-0.15, -0.1) is 0 Å². The van der Waals surface area contributed by atoms with Crippen LogP contribution in [0.3, 0.4) is 0 Å². The van der Waals surface area contributed by atoms with Crippen LogP contribution in [0.15, 0.2) is 30.3 Å². The average molecular weight is 303 g/mol. The molecule has 2 heterocycles. The molecule has 3 heteroatoms. The van der Waals surface area contributed by atoms with Gasteiger partial charge in [-0.25, -0.2) is 4.98 Å². The highest BCUT2D eigenvalue weighted by atomic mass is 35.5. The van der Waals surface area contributed by atoms with Crippen LogP contribution in [-0.4, -0.2) is 23.0 Å². The summed E-state index contributed by atoms with van der Waals surface area (Å²) in [4.78, 5) is 7.03. The number of fused-ring (bicyclic) bond motifs is 1. The Kier molecular flexibility index (Phi) is 4.19. The molecule has 1 aromatic heterocycles. The largest absolute Gasteiger partial charge is 0.299 e. The van der Waals surface area contributed by atoms with Crippen molar-refractivity contribution in [2.45, 2.75) is 39.7 Å². The minimum absolute atomic E-state index is 0.530. The molecule has 0 radical (unpaired) electrons. The van der Waals surface area contributed by atoms with Crippen molar-refractivity contribution in [2.24, 2.45) is 5.41 Å². The number of aromatic nitrogens is 1. The predicted molar refractivity (Wildman–Crippen MR) is 89.7 cm³/mol. The molecular formula is C18H23ClN2. The molecule has 1 aliphatic heterocycles. The highest BCUT2D eigenvalue weighted by Gasteiger charge is 2.28. The number of pyridine rings is 1. The zero-order valence-corrected chi connectivity index (χ0v) is 13.7. The van der Waals surface area contributed by atoms with Gasteiger partial charge in [0.05, 0.1) is 5.52 Å². The summed E-state index contributed by atoms with van der Waals surface area (Å²) in [6.07, 6.45) is 3.84. The molecular weight excluding hydrogens is 280 g/mol. The van der Waals surface area contributed by atoms with Gasteiger partial charge in [0.1, 0.15) is 5.15 Å². The zero-order chi connectivity index (χ0) is 14.9. The normalized spacial score (nSPS) is 19.0. The summed E-state index contributed by atoms with van der Waals surface area (Å²) in [6.45, 7) is 7.95. The highest BCUT2D eigenvalue weighted by molar-refractivity contribution is 6.30. The third-order valence-electron chi connectivity index (χ3n) is 5.06. The van der Waals surface area contributed by atoms with Gasteiger partial charge in [-0.05, 0) is 43.5 Å². The van der Waals surface area contributed by atoms with Crippen LogP contribution < -0.4 is 0 Å². The van der Waals surface area contributed by atoms with Crippen molar-refractivity contribution in [3.8, 4) is 0 Å². The molecule has 0 saturated carbocycles. The molecule has 0 aliphatic carbocycles. The van der Waals surface area contributed by atoms with Gasteiger partial charge in [0, 0.05) is 17.5 Å². The van der Waals surface area contributed by atoms with E-state index in [4.69, 9.17) is 11.6 Å². The van der Waals surface area contributed by atoms with Crippen molar-refractivity contribution in [3.05, 3.63) is 41.0 Å². The van der Waals surface area contributed by atoms with Crippen molar-refractivity contribution in [3.63, 3.8) is 0 Å². The first-order valence-electron chi connectivity index (χ1n) is 7.86. The summed E-state index contributed by atoms with van der Waals surface area (Å²) < 4.78 is 0. The second kappa shape index (κ2) is 5.94. The molecule has 112 valence electrons. The van der Waals surface area contributed by atoms with Crippen LogP contribution in [-0.2, 0) is 6.54 Å². The lowest BCUT2D eigenvalue weighted by Gasteiger charge is -2.39. The van der Waals surface area contributed by atoms with E-state index >= 15 is 0 Å². The minimum Gasteiger partial charge on any atom is -0.299 e. The maximum absolute atomic E-state index is 6.37. The quantitative estimate of drug-likeness (QED) is 0.750. The number of para-hydroxylation sites is 1. The molecule has 3 rings (SSSR count). The van der Waals surface area contributed by atoms with Crippen LogP contribution in [0.1, 0.15) is 38.7 Å². The second-order valence-corrected chi connectivity index (χ2v) is 6.93. The molecule has 1 aliphatic rings. The molecule has 2 aromatic rings. The Morgan fingerprint density at radius 2 is 1.95 bits per heavy atom. The fraction of sp³-hybridized carbons (Fsp3) is 0.500. The standard InChI is InChI=1S/C18H23ClN2/c1-3-18(2)8-10-21(11-9-18)13-15-12-14-6-4-5-7-16(14)20-17(15)19/h4-7,12H,3,8-11,13H2,1-2H3. The number of rotatable bonds is 3. The summed E-state index contributed by atoms with van der Waals surface area (Å²) >= 11 is 6.37. The van der Waals surface area contributed by atoms with E-state index in [1.165, 1.54) is 24.6 Å². The number of likely N-dealkylation sites (tertiary alicyclic amines) is 1. The first-order valence-corrected chi connectivity index (χ1v) is 8.24. The zero-order valence-electron chi connectivity index (χ0n) is 12.9. The van der Waals surface area contributed by atoms with Gasteiger partial charge in [0.2, 0.25) is 0 Å². The third-order valence-corrected chi connectivity index (χ3v) is 5.39. The SMILES string of the molecule is CCC1(C)CCN(Cc2cc3ccccc3nc2Cl)CC1. The Morgan fingerprint density at radius 3 is 2.67 bits per heavy atom. The van der Waals surface area contributed by atoms with Crippen molar-refractivity contribution < 1.29 is 0 Å². The van der Waals surface area contributed by atoms with Gasteiger partial charge in [-0.2, -0.15) is 0 Å². The van der Waals surface area contributed by atoms with Crippen LogP contribution in [0.2, 0.25) is 5.15 Å². The van der Waals surface area contributed by atoms with Gasteiger partial charge in [-0.1, -0.05) is 50.1 Å². The van der Waals surface area contributed by atoms with Gasteiger partial charge in [0.15, 0.2) is 0 Å². The van der Waals surface area contributed by atoms with E-state index in [1.54, 1.807) is 0 Å². The van der Waals surface area contributed by atoms with E-state index in [9.17, 15) is 0 Å². The van der Waals surface area contributed by atoms with E-state index < -0.39 is 0 Å². The number of halogens is 1. The Balaban J connectivity index is 1.75. The molecule has 0 amide bonds. The number of hydrogen-bond donors (Lipinski definition) is 0. The molecule has 1 aromatic carbocycles. The second-order valence-electron chi connectivity index (χ2n) is 6.57. The lowest BCUT2D eigenvalue weighted by atomic mass is 9.78. The summed E-state index contributed by atoms with van der Waals surface area (Å²) in [5, 5.41) is 1.82. The Bertz CT molecular complexity index is 630. The van der Waals surface area contributed by atoms with Crippen molar-refractivity contribution >= 4 is 22.5 Å². The first-order chi connectivity index (χ1) is 10.1. The van der Waals surface area contributed by atoms with Crippen molar-refractivity contribution in [1.29, 1.82) is 0 Å². The maximum Gasteiger partial charge on any atom is 0.134 e. The third kappa shape index (κ3) is 3.22. The van der Waals surface area contributed by atoms with Crippen LogP contribution >= 0.6 is 11.6 Å². The van der Waals surface area contributed by atoms with Gasteiger partial charge in [0.25, 0.3) is 0 Å². The minimum atomic E-state index is 0.530. The average Bonchev–Trinajstić information content (AvgIpc) is 2.50. The van der Waals surface area contributed by atoms with Crippen LogP contribution in [0.4, 0.5) is 0 Å². The Hall–Kier alpha value is -1.12. The molecule has 0 atom stereocenters. The lowest BCUT2D eigenvalue weighted by molar-refractivity contribution is 0.109. The van der Waals surface area contributed by atoms with E-state index in [2.05, 4.69) is 41.9 Å². The van der Waals surface area contributed by atoms with Crippen LogP contribution in [0.5, 0.6) is 0 Å². The van der Waals surface area contributed by atoms with Crippen molar-refractivity contribution in [1.82, 2.24) is 9.88 Å². The van der Waals surface area contributed by atoms with E-state index in [0.717, 1.165) is 30.7 Å². The van der Waals surface area contributed by atoms with Crippen LogP contribution in [0, 0.1) is 5.41 Å². The summed E-state index contributed by atoms with van der Waals surface area (Å²) in [6, 6.07) is 10.4. The monoisotopic (exact) mass is 302 g/mol. The Morgan fingerprint density at radius 1 is 1.24 bits per heavy atom. The molecule has 1 saturated heterocycles. The lowest BCUT2D eigenvalue weighted by Crippen LogP contribution is -2.38. The fourth-order valence-corrected chi connectivity index (χ4v) is 3.30. The van der Waals surface area contributed by atoms with Crippen LogP contribution in [0.25, 0.3) is 10.9 Å². The molecule has 21 heavy (non-hydrogen) atoms. The fourth-order valence-electron chi connectivity index (χ4n) is 3.09. The maximum atomic E-state index is 6.37. The number of nitrogens with zero attached hydrogens (tertiary/aromatic N) is 2. The van der Waals surface area contributed by atoms with Gasteiger partial charge < -0.3 is 0 Å². The van der Waals surface area contributed by atoms with Crippen molar-refractivity contribution in [2.75, 3.05) is 13.1 Å². The summed E-state index contributed by atoms with van der Waals surface area (Å²) in [5.74, 6) is 0. The number of hydrogen-bond acceptors (Lipinski definition) is 2. The van der Waals surface area contributed by atoms with E-state index in [-0.39, 0.29) is 0 Å². The predicted octanol–water partition coefficient (Wildman–Crippen LogP) is 4.90. The molecule has 0 spiro atoms. The molecule has 0 N–H and O–H groups in total. The van der Waals surface area contributed by atoms with E-state index in [1.807, 2.05) is 12.1 Å². The topological polar surface area (TPSA) is 16.1 Å². The van der Waals surface area contributed by atoms with Gasteiger partial charge in [-0.3, -0.25) is 4.90 Å². The molecule has 0 bridgehead atoms. The number of piperidine rings is 1. The summed E-state index contributed by atoms with van der Waals surface area (Å²) in [5.41, 5.74) is 2.65. The smallest absolute Gasteiger partial charge is 0.134 e. The molecule has 0 unspecified atom stereocenters. The van der Waals surface area contributed by atoms with E-state index in [0.29, 0.717) is 10.6 Å². The highest BCUT2D eigenvalue weighted by Crippen LogP contribution is 2.34. The molecule has 2 nitrogen and oxygen atoms in total. The van der Waals surface area contributed by atoms with Gasteiger partial charge >= 0.3 is 0 Å². The first kappa shape index (κ1) is 14.8.